The number of ketones is 1. The second-order valence-corrected chi connectivity index (χ2v) is 4.95. The Balaban J connectivity index is 1.74. The van der Waals surface area contributed by atoms with Crippen molar-refractivity contribution < 1.29 is 13.9 Å². The van der Waals surface area contributed by atoms with Crippen LogP contribution in [0.25, 0.3) is 11.0 Å². The minimum Gasteiger partial charge on any atom is -0.464 e. The lowest BCUT2D eigenvalue weighted by Crippen LogP contribution is -2.29. The molecule has 1 unspecified atom stereocenters. The van der Waals surface area contributed by atoms with Crippen molar-refractivity contribution >= 4 is 16.8 Å². The normalized spacial score (nSPS) is 20.2. The highest BCUT2D eigenvalue weighted by Crippen LogP contribution is 2.22. The van der Waals surface area contributed by atoms with E-state index in [1.165, 1.54) is 0 Å². The molecular weight excluding hydrogens is 242 g/mol. The number of nitrogens with zero attached hydrogens (tertiary/aromatic N) is 1. The number of ether oxygens (including phenoxy) is 1. The van der Waals surface area contributed by atoms with E-state index >= 15 is 0 Å². The lowest BCUT2D eigenvalue weighted by molar-refractivity contribution is 0.0899. The zero-order valence-corrected chi connectivity index (χ0v) is 11.0. The van der Waals surface area contributed by atoms with Crippen LogP contribution in [0.4, 0.5) is 0 Å². The largest absolute Gasteiger partial charge is 0.464 e. The molecule has 0 spiro atoms. The first kappa shape index (κ1) is 12.4. The quantitative estimate of drug-likeness (QED) is 0.790. The highest BCUT2D eigenvalue weighted by molar-refractivity contribution is 6.08. The summed E-state index contributed by atoms with van der Waals surface area (Å²) in [7, 11) is 1.72. The van der Waals surface area contributed by atoms with Gasteiger partial charge in [-0.15, -0.1) is 0 Å². The van der Waals surface area contributed by atoms with Gasteiger partial charge >= 0.3 is 0 Å². The molecule has 1 aliphatic heterocycles. The fraction of sp³-hybridized carbons (Fsp3) is 0.400. The van der Waals surface area contributed by atoms with Crippen molar-refractivity contribution in [3.8, 4) is 0 Å². The minimum absolute atomic E-state index is 0.113. The van der Waals surface area contributed by atoms with Crippen molar-refractivity contribution in [2.45, 2.75) is 12.5 Å². The van der Waals surface area contributed by atoms with Crippen LogP contribution in [0.3, 0.4) is 0 Å². The minimum atomic E-state index is 0.113. The van der Waals surface area contributed by atoms with Crippen molar-refractivity contribution in [3.05, 3.63) is 36.1 Å². The number of fused-ring (bicyclic) bond motifs is 1. The Hall–Kier alpha value is -1.65. The first-order chi connectivity index (χ1) is 9.28. The SMILES string of the molecule is COC1CCN(CC(=O)c2coc3ccccc23)C1. The standard InChI is InChI=1S/C15H17NO3/c1-18-11-6-7-16(8-11)9-14(17)13-10-19-15-5-3-2-4-12(13)15/h2-5,10-11H,6-9H2,1H3. The molecule has 2 aromatic rings. The predicted octanol–water partition coefficient (Wildman–Crippen LogP) is 2.34. The van der Waals surface area contributed by atoms with Crippen LogP contribution in [0.1, 0.15) is 16.8 Å². The summed E-state index contributed by atoms with van der Waals surface area (Å²) in [5.41, 5.74) is 1.44. The number of furan rings is 1. The molecule has 1 aromatic carbocycles. The summed E-state index contributed by atoms with van der Waals surface area (Å²) in [6, 6.07) is 7.63. The fourth-order valence-corrected chi connectivity index (χ4v) is 2.62. The highest BCUT2D eigenvalue weighted by atomic mass is 16.5. The second kappa shape index (κ2) is 5.15. The highest BCUT2D eigenvalue weighted by Gasteiger charge is 2.25. The number of likely N-dealkylation sites (tertiary alicyclic amines) is 1. The molecule has 19 heavy (non-hydrogen) atoms. The number of carbonyl (C=O) groups excluding carboxylic acids is 1. The molecule has 0 saturated carbocycles. The van der Waals surface area contributed by atoms with Crippen LogP contribution in [0.15, 0.2) is 34.9 Å². The van der Waals surface area contributed by atoms with Gasteiger partial charge in [-0.2, -0.15) is 0 Å². The van der Waals surface area contributed by atoms with Gasteiger partial charge in [0.25, 0.3) is 0 Å². The third kappa shape index (κ3) is 2.41. The monoisotopic (exact) mass is 259 g/mol. The number of benzene rings is 1. The van der Waals surface area contributed by atoms with E-state index in [2.05, 4.69) is 4.90 Å². The third-order valence-corrected chi connectivity index (χ3v) is 3.71. The molecule has 1 saturated heterocycles. The van der Waals surface area contributed by atoms with E-state index in [1.807, 2.05) is 24.3 Å². The summed E-state index contributed by atoms with van der Waals surface area (Å²) in [6.07, 6.45) is 2.82. The summed E-state index contributed by atoms with van der Waals surface area (Å²) in [4.78, 5) is 14.5. The Morgan fingerprint density at radius 1 is 1.47 bits per heavy atom. The summed E-state index contributed by atoms with van der Waals surface area (Å²) in [5, 5.41) is 0.898. The van der Waals surface area contributed by atoms with Crippen LogP contribution in [0, 0.1) is 0 Å². The average molecular weight is 259 g/mol. The van der Waals surface area contributed by atoms with Crippen molar-refractivity contribution in [1.82, 2.24) is 4.90 Å². The van der Waals surface area contributed by atoms with E-state index in [9.17, 15) is 4.79 Å². The second-order valence-electron chi connectivity index (χ2n) is 4.95. The molecule has 2 heterocycles. The first-order valence-corrected chi connectivity index (χ1v) is 6.52. The van der Waals surface area contributed by atoms with Gasteiger partial charge in [0.2, 0.25) is 0 Å². The van der Waals surface area contributed by atoms with Crippen molar-refractivity contribution in [1.29, 1.82) is 0 Å². The number of Topliss-reactive ketones (excluding diaryl/α,β-unsaturated/α-hetero) is 1. The molecule has 4 nitrogen and oxygen atoms in total. The van der Waals surface area contributed by atoms with Gasteiger partial charge in [0.15, 0.2) is 5.78 Å². The molecular formula is C15H17NO3. The van der Waals surface area contributed by atoms with Gasteiger partial charge < -0.3 is 9.15 Å². The molecule has 0 bridgehead atoms. The predicted molar refractivity (Wildman–Crippen MR) is 72.4 cm³/mol. The fourth-order valence-electron chi connectivity index (χ4n) is 2.62. The number of para-hydroxylation sites is 1. The molecule has 1 atom stereocenters. The molecule has 100 valence electrons. The van der Waals surface area contributed by atoms with Gasteiger partial charge in [-0.1, -0.05) is 18.2 Å². The van der Waals surface area contributed by atoms with E-state index in [-0.39, 0.29) is 11.9 Å². The average Bonchev–Trinajstić information content (AvgIpc) is 3.04. The van der Waals surface area contributed by atoms with Crippen LogP contribution < -0.4 is 0 Å². The van der Waals surface area contributed by atoms with E-state index in [0.29, 0.717) is 12.1 Å². The molecule has 1 aliphatic rings. The summed E-state index contributed by atoms with van der Waals surface area (Å²) < 4.78 is 10.7. The number of hydrogen-bond acceptors (Lipinski definition) is 4. The molecule has 0 N–H and O–H groups in total. The van der Waals surface area contributed by atoms with Crippen LogP contribution >= 0.6 is 0 Å². The zero-order valence-electron chi connectivity index (χ0n) is 11.0. The number of carbonyl (C=O) groups is 1. The molecule has 0 radical (unpaired) electrons. The Morgan fingerprint density at radius 3 is 3.11 bits per heavy atom. The molecule has 0 amide bonds. The topological polar surface area (TPSA) is 42.7 Å². The Bertz CT molecular complexity index is 590. The lowest BCUT2D eigenvalue weighted by Gasteiger charge is -2.13. The van der Waals surface area contributed by atoms with Gasteiger partial charge in [0, 0.05) is 25.6 Å². The zero-order chi connectivity index (χ0) is 13.2. The number of methoxy groups -OCH3 is 1. The molecule has 3 rings (SSSR count). The maximum Gasteiger partial charge on any atom is 0.180 e. The molecule has 1 fully saturated rings. The lowest BCUT2D eigenvalue weighted by atomic mass is 10.1. The summed E-state index contributed by atoms with van der Waals surface area (Å²) >= 11 is 0. The van der Waals surface area contributed by atoms with Crippen molar-refractivity contribution in [3.63, 3.8) is 0 Å². The van der Waals surface area contributed by atoms with E-state index < -0.39 is 0 Å². The smallest absolute Gasteiger partial charge is 0.180 e. The molecule has 1 aromatic heterocycles. The maximum absolute atomic E-state index is 12.3. The van der Waals surface area contributed by atoms with Crippen LogP contribution in [-0.2, 0) is 4.74 Å². The van der Waals surface area contributed by atoms with E-state index in [1.54, 1.807) is 13.4 Å². The van der Waals surface area contributed by atoms with Gasteiger partial charge in [0.1, 0.15) is 11.8 Å². The van der Waals surface area contributed by atoms with Gasteiger partial charge in [-0.05, 0) is 12.5 Å². The van der Waals surface area contributed by atoms with Gasteiger partial charge in [-0.25, -0.2) is 0 Å². The Kier molecular flexibility index (Phi) is 3.36. The Morgan fingerprint density at radius 2 is 2.32 bits per heavy atom. The summed E-state index contributed by atoms with van der Waals surface area (Å²) in [6.45, 7) is 2.18. The Labute approximate surface area is 111 Å². The summed E-state index contributed by atoms with van der Waals surface area (Å²) in [5.74, 6) is 0.113. The number of rotatable bonds is 4. The van der Waals surface area contributed by atoms with Crippen LogP contribution in [0.2, 0.25) is 0 Å². The maximum atomic E-state index is 12.3. The molecule has 4 heteroatoms. The third-order valence-electron chi connectivity index (χ3n) is 3.71. The number of hydrogen-bond donors (Lipinski definition) is 0. The van der Waals surface area contributed by atoms with E-state index in [4.69, 9.17) is 9.15 Å². The first-order valence-electron chi connectivity index (χ1n) is 6.52. The van der Waals surface area contributed by atoms with E-state index in [0.717, 1.165) is 30.5 Å². The van der Waals surface area contributed by atoms with Crippen molar-refractivity contribution in [2.24, 2.45) is 0 Å². The van der Waals surface area contributed by atoms with Crippen molar-refractivity contribution in [2.75, 3.05) is 26.7 Å². The van der Waals surface area contributed by atoms with Crippen LogP contribution in [0.5, 0.6) is 0 Å². The molecule has 0 aliphatic carbocycles. The van der Waals surface area contributed by atoms with Crippen LogP contribution in [-0.4, -0.2) is 43.5 Å². The van der Waals surface area contributed by atoms with Gasteiger partial charge in [0.05, 0.1) is 18.2 Å². The van der Waals surface area contributed by atoms with Gasteiger partial charge in [-0.3, -0.25) is 9.69 Å².